The summed E-state index contributed by atoms with van der Waals surface area (Å²) in [6.07, 6.45) is 6.67. The van der Waals surface area contributed by atoms with Crippen LogP contribution in [0.3, 0.4) is 0 Å². The summed E-state index contributed by atoms with van der Waals surface area (Å²) in [5.41, 5.74) is 3.17. The Morgan fingerprint density at radius 1 is 1.13 bits per heavy atom. The van der Waals surface area contributed by atoms with Crippen molar-refractivity contribution in [2.75, 3.05) is 18.5 Å². The minimum atomic E-state index is 0.0536. The molecule has 1 aromatic carbocycles. The molecular formula is C24H33N5O. The van der Waals surface area contributed by atoms with Crippen molar-refractivity contribution in [3.05, 3.63) is 41.6 Å². The summed E-state index contributed by atoms with van der Waals surface area (Å²) in [6.45, 7) is 5.58. The van der Waals surface area contributed by atoms with E-state index in [1.807, 2.05) is 35.2 Å². The Morgan fingerprint density at radius 2 is 1.87 bits per heavy atom. The van der Waals surface area contributed by atoms with E-state index >= 15 is 0 Å². The number of aromatic nitrogens is 2. The van der Waals surface area contributed by atoms with Gasteiger partial charge in [-0.05, 0) is 26.7 Å². The second kappa shape index (κ2) is 9.02. The van der Waals surface area contributed by atoms with E-state index in [2.05, 4.69) is 31.1 Å². The molecule has 0 unspecified atom stereocenters. The smallest absolute Gasteiger partial charge is 0.317 e. The number of benzene rings is 1. The number of hydrogen-bond donors (Lipinski definition) is 1. The summed E-state index contributed by atoms with van der Waals surface area (Å²) < 4.78 is 0. The molecule has 1 fully saturated rings. The maximum Gasteiger partial charge on any atom is 0.317 e. The largest absolute Gasteiger partial charge is 0.357 e. The molecule has 0 saturated heterocycles. The first-order chi connectivity index (χ1) is 14.5. The Morgan fingerprint density at radius 3 is 2.57 bits per heavy atom. The lowest BCUT2D eigenvalue weighted by molar-refractivity contribution is 0.184. The van der Waals surface area contributed by atoms with Crippen LogP contribution in [0.15, 0.2) is 30.3 Å². The second-order valence-corrected chi connectivity index (χ2v) is 8.82. The van der Waals surface area contributed by atoms with Crippen LogP contribution in [0.5, 0.6) is 0 Å². The summed E-state index contributed by atoms with van der Waals surface area (Å²) in [6, 6.07) is 10.8. The van der Waals surface area contributed by atoms with Crippen LogP contribution in [-0.2, 0) is 13.0 Å². The molecule has 1 aliphatic carbocycles. The highest BCUT2D eigenvalue weighted by Gasteiger charge is 2.28. The van der Waals surface area contributed by atoms with Crippen LogP contribution in [-0.4, -0.2) is 46.6 Å². The first kappa shape index (κ1) is 20.6. The standard InChI is InChI=1S/C24H33N5O/c1-17(2)28(3)23-20-16-29(24(30)25-19-12-8-5-9-13-19)15-14-21(20)26-22(27-23)18-10-6-4-7-11-18/h4,6-7,10-11,17,19H,5,8-9,12-16H2,1-3H3,(H,25,30). The Labute approximate surface area is 179 Å². The average molecular weight is 408 g/mol. The molecule has 2 aromatic rings. The highest BCUT2D eigenvalue weighted by atomic mass is 16.2. The van der Waals surface area contributed by atoms with Crippen molar-refractivity contribution < 1.29 is 4.79 Å². The first-order valence-electron chi connectivity index (χ1n) is 11.3. The highest BCUT2D eigenvalue weighted by molar-refractivity contribution is 5.75. The molecule has 2 aliphatic rings. The number of anilines is 1. The zero-order valence-electron chi connectivity index (χ0n) is 18.4. The molecule has 0 bridgehead atoms. The van der Waals surface area contributed by atoms with Crippen molar-refractivity contribution in [1.82, 2.24) is 20.2 Å². The maximum absolute atomic E-state index is 12.9. The third kappa shape index (κ3) is 4.42. The van der Waals surface area contributed by atoms with Crippen molar-refractivity contribution in [3.8, 4) is 11.4 Å². The lowest BCUT2D eigenvalue weighted by Gasteiger charge is -2.34. The van der Waals surface area contributed by atoms with Gasteiger partial charge in [0.05, 0.1) is 12.2 Å². The molecule has 1 saturated carbocycles. The first-order valence-corrected chi connectivity index (χ1v) is 11.3. The third-order valence-corrected chi connectivity index (χ3v) is 6.40. The molecule has 160 valence electrons. The molecule has 2 amide bonds. The lowest BCUT2D eigenvalue weighted by atomic mass is 9.95. The molecule has 1 aliphatic heterocycles. The second-order valence-electron chi connectivity index (χ2n) is 8.82. The van der Waals surface area contributed by atoms with Crippen LogP contribution in [0, 0.1) is 0 Å². The third-order valence-electron chi connectivity index (χ3n) is 6.40. The molecule has 2 heterocycles. The summed E-state index contributed by atoms with van der Waals surface area (Å²) in [5.74, 6) is 1.70. The number of urea groups is 1. The lowest BCUT2D eigenvalue weighted by Crippen LogP contribution is -2.47. The quantitative estimate of drug-likeness (QED) is 0.817. The number of rotatable bonds is 4. The number of amides is 2. The van der Waals surface area contributed by atoms with Crippen LogP contribution in [0.2, 0.25) is 0 Å². The Kier molecular flexibility index (Phi) is 6.21. The Balaban J connectivity index is 1.61. The van der Waals surface area contributed by atoms with E-state index in [1.165, 1.54) is 19.3 Å². The van der Waals surface area contributed by atoms with Crippen molar-refractivity contribution >= 4 is 11.8 Å². The van der Waals surface area contributed by atoms with Gasteiger partial charge in [-0.1, -0.05) is 49.6 Å². The van der Waals surface area contributed by atoms with E-state index in [0.717, 1.165) is 47.7 Å². The van der Waals surface area contributed by atoms with Crippen LogP contribution >= 0.6 is 0 Å². The minimum Gasteiger partial charge on any atom is -0.357 e. The predicted octanol–water partition coefficient (Wildman–Crippen LogP) is 4.39. The van der Waals surface area contributed by atoms with Gasteiger partial charge in [0.1, 0.15) is 5.82 Å². The van der Waals surface area contributed by atoms with Crippen molar-refractivity contribution in [3.63, 3.8) is 0 Å². The van der Waals surface area contributed by atoms with E-state index in [-0.39, 0.29) is 6.03 Å². The van der Waals surface area contributed by atoms with E-state index in [9.17, 15) is 4.79 Å². The van der Waals surface area contributed by atoms with Gasteiger partial charge in [0.2, 0.25) is 0 Å². The van der Waals surface area contributed by atoms with Crippen molar-refractivity contribution in [2.24, 2.45) is 0 Å². The Bertz CT molecular complexity index is 877. The van der Waals surface area contributed by atoms with Gasteiger partial charge in [-0.25, -0.2) is 14.8 Å². The summed E-state index contributed by atoms with van der Waals surface area (Å²) in [4.78, 5) is 26.9. The minimum absolute atomic E-state index is 0.0536. The Hall–Kier alpha value is -2.63. The molecule has 30 heavy (non-hydrogen) atoms. The van der Waals surface area contributed by atoms with Gasteiger partial charge in [0, 0.05) is 43.2 Å². The van der Waals surface area contributed by atoms with Crippen molar-refractivity contribution in [2.45, 2.75) is 71.0 Å². The number of carbonyl (C=O) groups is 1. The zero-order valence-corrected chi connectivity index (χ0v) is 18.4. The van der Waals surface area contributed by atoms with Gasteiger partial charge in [0.25, 0.3) is 0 Å². The molecule has 0 spiro atoms. The molecule has 0 atom stereocenters. The monoisotopic (exact) mass is 407 g/mol. The fourth-order valence-corrected chi connectivity index (χ4v) is 4.34. The molecule has 6 nitrogen and oxygen atoms in total. The molecule has 1 N–H and O–H groups in total. The van der Waals surface area contributed by atoms with Gasteiger partial charge in [0.15, 0.2) is 5.82 Å². The molecule has 6 heteroatoms. The van der Waals surface area contributed by atoms with E-state index in [0.29, 0.717) is 25.2 Å². The van der Waals surface area contributed by atoms with Crippen LogP contribution in [0.25, 0.3) is 11.4 Å². The average Bonchev–Trinajstić information content (AvgIpc) is 2.78. The number of nitrogens with zero attached hydrogens (tertiary/aromatic N) is 4. The SMILES string of the molecule is CC(C)N(C)c1nc(-c2ccccc2)nc2c1CN(C(=O)NC1CCCCC1)CC2. The summed E-state index contributed by atoms with van der Waals surface area (Å²) in [5, 5.41) is 3.26. The van der Waals surface area contributed by atoms with Gasteiger partial charge < -0.3 is 15.1 Å². The molecule has 0 radical (unpaired) electrons. The number of fused-ring (bicyclic) bond motifs is 1. The van der Waals surface area contributed by atoms with Crippen molar-refractivity contribution in [1.29, 1.82) is 0 Å². The fraction of sp³-hybridized carbons (Fsp3) is 0.542. The topological polar surface area (TPSA) is 61.4 Å². The predicted molar refractivity (Wildman–Crippen MR) is 121 cm³/mol. The fourth-order valence-electron chi connectivity index (χ4n) is 4.34. The molecular weight excluding hydrogens is 374 g/mol. The zero-order chi connectivity index (χ0) is 21.1. The van der Waals surface area contributed by atoms with Gasteiger partial charge in [-0.15, -0.1) is 0 Å². The van der Waals surface area contributed by atoms with Gasteiger partial charge >= 0.3 is 6.03 Å². The number of nitrogens with one attached hydrogen (secondary N) is 1. The van der Waals surface area contributed by atoms with E-state index in [1.54, 1.807) is 0 Å². The van der Waals surface area contributed by atoms with Gasteiger partial charge in [-0.3, -0.25) is 0 Å². The number of carbonyl (C=O) groups excluding carboxylic acids is 1. The van der Waals surface area contributed by atoms with Crippen LogP contribution in [0.4, 0.5) is 10.6 Å². The summed E-state index contributed by atoms with van der Waals surface area (Å²) in [7, 11) is 2.07. The van der Waals surface area contributed by atoms with Crippen LogP contribution < -0.4 is 10.2 Å². The van der Waals surface area contributed by atoms with Crippen LogP contribution in [0.1, 0.15) is 57.2 Å². The van der Waals surface area contributed by atoms with E-state index in [4.69, 9.17) is 9.97 Å². The highest BCUT2D eigenvalue weighted by Crippen LogP contribution is 2.30. The van der Waals surface area contributed by atoms with E-state index < -0.39 is 0 Å². The molecule has 1 aromatic heterocycles. The van der Waals surface area contributed by atoms with Gasteiger partial charge in [-0.2, -0.15) is 0 Å². The number of hydrogen-bond acceptors (Lipinski definition) is 4. The molecule has 4 rings (SSSR count). The maximum atomic E-state index is 12.9. The normalized spacial score (nSPS) is 17.0. The summed E-state index contributed by atoms with van der Waals surface area (Å²) >= 11 is 0.